The van der Waals surface area contributed by atoms with Crippen molar-refractivity contribution in [3.05, 3.63) is 47.4 Å². The van der Waals surface area contributed by atoms with Crippen LogP contribution < -0.4 is 0 Å². The quantitative estimate of drug-likeness (QED) is 0.859. The van der Waals surface area contributed by atoms with E-state index in [2.05, 4.69) is 9.97 Å². The number of carbonyl (C=O) groups excluding carboxylic acids is 1. The van der Waals surface area contributed by atoms with Crippen LogP contribution in [-0.4, -0.2) is 38.4 Å². The summed E-state index contributed by atoms with van der Waals surface area (Å²) in [4.78, 5) is 35.6. The average molecular weight is 381 g/mol. The maximum atomic E-state index is 13.0. The molecule has 148 valence electrons. The van der Waals surface area contributed by atoms with Gasteiger partial charge in [0.25, 0.3) is 0 Å². The molecular weight excluding hydrogens is 354 g/mol. The lowest BCUT2D eigenvalue weighted by atomic mass is 9.90. The lowest BCUT2D eigenvalue weighted by molar-refractivity contribution is -0.143. The third kappa shape index (κ3) is 4.06. The normalized spacial score (nSPS) is 17.4. The van der Waals surface area contributed by atoms with E-state index < -0.39 is 11.4 Å². The van der Waals surface area contributed by atoms with E-state index >= 15 is 0 Å². The topological polar surface area (TPSA) is 83.4 Å². The Morgan fingerprint density at radius 1 is 1.14 bits per heavy atom. The first-order valence-electron chi connectivity index (χ1n) is 9.68. The van der Waals surface area contributed by atoms with Crippen LogP contribution in [0, 0.1) is 12.3 Å². The number of aryl methyl sites for hydroxylation is 1. The van der Waals surface area contributed by atoms with Gasteiger partial charge in [-0.25, -0.2) is 14.8 Å². The molecule has 0 spiro atoms. The van der Waals surface area contributed by atoms with E-state index in [1.165, 1.54) is 0 Å². The van der Waals surface area contributed by atoms with Crippen molar-refractivity contribution in [1.82, 2.24) is 14.9 Å². The molecule has 0 bridgehead atoms. The number of rotatable bonds is 3. The van der Waals surface area contributed by atoms with E-state index in [4.69, 9.17) is 0 Å². The predicted molar refractivity (Wildman–Crippen MR) is 107 cm³/mol. The Morgan fingerprint density at radius 3 is 2.54 bits per heavy atom. The molecule has 0 unspecified atom stereocenters. The summed E-state index contributed by atoms with van der Waals surface area (Å²) in [5.41, 5.74) is 1.66. The summed E-state index contributed by atoms with van der Waals surface area (Å²) in [5, 5.41) is 9.52. The summed E-state index contributed by atoms with van der Waals surface area (Å²) >= 11 is 0. The summed E-state index contributed by atoms with van der Waals surface area (Å²) in [6, 6.07) is 8.56. The highest BCUT2D eigenvalue weighted by atomic mass is 16.4. The second-order valence-electron chi connectivity index (χ2n) is 8.34. The SMILES string of the molecule is Cc1nc(-c2ccccc2C(=O)O)cc([C@@H]2CCCCN2C(=O)C(C)(C)C)n1. The van der Waals surface area contributed by atoms with Crippen molar-refractivity contribution in [2.24, 2.45) is 5.41 Å². The van der Waals surface area contributed by atoms with Crippen LogP contribution in [0.5, 0.6) is 0 Å². The predicted octanol–water partition coefficient (Wildman–Crippen LogP) is 4.25. The summed E-state index contributed by atoms with van der Waals surface area (Å²) in [7, 11) is 0. The van der Waals surface area contributed by atoms with Crippen LogP contribution >= 0.6 is 0 Å². The summed E-state index contributed by atoms with van der Waals surface area (Å²) < 4.78 is 0. The Hall–Kier alpha value is -2.76. The molecule has 0 saturated carbocycles. The number of amides is 1. The van der Waals surface area contributed by atoms with Gasteiger partial charge >= 0.3 is 5.97 Å². The van der Waals surface area contributed by atoms with Gasteiger partial charge in [0.2, 0.25) is 5.91 Å². The van der Waals surface area contributed by atoms with E-state index in [0.717, 1.165) is 25.0 Å². The molecule has 1 saturated heterocycles. The fourth-order valence-corrected chi connectivity index (χ4v) is 3.71. The molecule has 1 amide bonds. The molecule has 1 aromatic heterocycles. The van der Waals surface area contributed by atoms with Gasteiger partial charge in [0.15, 0.2) is 0 Å². The van der Waals surface area contributed by atoms with Crippen LogP contribution in [0.3, 0.4) is 0 Å². The lowest BCUT2D eigenvalue weighted by Crippen LogP contribution is -2.44. The first kappa shape index (κ1) is 20.0. The van der Waals surface area contributed by atoms with E-state index in [1.807, 2.05) is 31.7 Å². The Labute approximate surface area is 165 Å². The maximum Gasteiger partial charge on any atom is 0.336 e. The van der Waals surface area contributed by atoms with E-state index in [-0.39, 0.29) is 17.5 Å². The molecule has 1 aliphatic heterocycles. The minimum Gasteiger partial charge on any atom is -0.478 e. The highest BCUT2D eigenvalue weighted by Gasteiger charge is 2.35. The van der Waals surface area contributed by atoms with E-state index in [1.54, 1.807) is 31.2 Å². The molecule has 1 atom stereocenters. The second kappa shape index (κ2) is 7.70. The largest absolute Gasteiger partial charge is 0.478 e. The van der Waals surface area contributed by atoms with Gasteiger partial charge < -0.3 is 10.0 Å². The Morgan fingerprint density at radius 2 is 1.86 bits per heavy atom. The molecule has 1 fully saturated rings. The van der Waals surface area contributed by atoms with Gasteiger partial charge in [-0.1, -0.05) is 39.0 Å². The molecule has 1 aliphatic rings. The summed E-state index contributed by atoms with van der Waals surface area (Å²) in [5.74, 6) is -0.307. The van der Waals surface area contributed by atoms with Gasteiger partial charge in [-0.15, -0.1) is 0 Å². The zero-order chi connectivity index (χ0) is 20.5. The minimum atomic E-state index is -0.990. The third-order valence-corrected chi connectivity index (χ3v) is 5.04. The van der Waals surface area contributed by atoms with Crippen LogP contribution in [0.25, 0.3) is 11.3 Å². The standard InChI is InChI=1S/C22H27N3O3/c1-14-23-17(15-9-5-6-10-16(15)20(26)27)13-18(24-14)19-11-7-8-12-25(19)21(28)22(2,3)4/h5-6,9-10,13,19H,7-8,11-12H2,1-4H3,(H,26,27)/t19-/m0/s1. The number of aromatic carboxylic acids is 1. The minimum absolute atomic E-state index is 0.112. The number of carbonyl (C=O) groups is 2. The number of aromatic nitrogens is 2. The van der Waals surface area contributed by atoms with Crippen LogP contribution in [0.15, 0.2) is 30.3 Å². The van der Waals surface area contributed by atoms with Gasteiger partial charge in [0.1, 0.15) is 5.82 Å². The number of benzene rings is 1. The van der Waals surface area contributed by atoms with E-state index in [9.17, 15) is 14.7 Å². The number of carboxylic acid groups (broad SMARTS) is 1. The molecule has 6 nitrogen and oxygen atoms in total. The van der Waals surface area contributed by atoms with Crippen molar-refractivity contribution >= 4 is 11.9 Å². The van der Waals surface area contributed by atoms with Crippen molar-refractivity contribution in [3.63, 3.8) is 0 Å². The lowest BCUT2D eigenvalue weighted by Gasteiger charge is -2.39. The van der Waals surface area contributed by atoms with Gasteiger partial charge in [0, 0.05) is 17.5 Å². The zero-order valence-electron chi connectivity index (χ0n) is 16.9. The smallest absolute Gasteiger partial charge is 0.336 e. The molecule has 0 aliphatic carbocycles. The Bertz CT molecular complexity index is 902. The third-order valence-electron chi connectivity index (χ3n) is 5.04. The fourth-order valence-electron chi connectivity index (χ4n) is 3.71. The maximum absolute atomic E-state index is 13.0. The van der Waals surface area contributed by atoms with Crippen molar-refractivity contribution < 1.29 is 14.7 Å². The number of hydrogen-bond acceptors (Lipinski definition) is 4. The van der Waals surface area contributed by atoms with Crippen LogP contribution in [0.4, 0.5) is 0 Å². The first-order valence-corrected chi connectivity index (χ1v) is 9.68. The summed E-state index contributed by atoms with van der Waals surface area (Å²) in [6.45, 7) is 8.31. The van der Waals surface area contributed by atoms with Crippen molar-refractivity contribution in [3.8, 4) is 11.3 Å². The highest BCUT2D eigenvalue weighted by molar-refractivity contribution is 5.95. The second-order valence-corrected chi connectivity index (χ2v) is 8.34. The number of carboxylic acids is 1. The molecular formula is C22H27N3O3. The van der Waals surface area contributed by atoms with Crippen molar-refractivity contribution in [2.75, 3.05) is 6.54 Å². The molecule has 1 N–H and O–H groups in total. The first-order chi connectivity index (χ1) is 13.2. The molecule has 0 radical (unpaired) electrons. The molecule has 2 aromatic rings. The monoisotopic (exact) mass is 381 g/mol. The molecule has 6 heteroatoms. The number of piperidine rings is 1. The molecule has 28 heavy (non-hydrogen) atoms. The van der Waals surface area contributed by atoms with Gasteiger partial charge in [-0.05, 0) is 38.3 Å². The average Bonchev–Trinajstić information content (AvgIpc) is 2.66. The van der Waals surface area contributed by atoms with Gasteiger partial charge in [-0.2, -0.15) is 0 Å². The van der Waals surface area contributed by atoms with Gasteiger partial charge in [0.05, 0.1) is 23.0 Å². The highest BCUT2D eigenvalue weighted by Crippen LogP contribution is 2.35. The van der Waals surface area contributed by atoms with Crippen molar-refractivity contribution in [2.45, 2.75) is 53.0 Å². The number of nitrogens with zero attached hydrogens (tertiary/aromatic N) is 3. The van der Waals surface area contributed by atoms with Crippen LogP contribution in [0.2, 0.25) is 0 Å². The summed E-state index contributed by atoms with van der Waals surface area (Å²) in [6.07, 6.45) is 2.86. The number of hydrogen-bond donors (Lipinski definition) is 1. The molecule has 3 rings (SSSR count). The van der Waals surface area contributed by atoms with Gasteiger partial charge in [-0.3, -0.25) is 4.79 Å². The van der Waals surface area contributed by atoms with Crippen LogP contribution in [-0.2, 0) is 4.79 Å². The molecule has 2 heterocycles. The molecule has 1 aromatic carbocycles. The zero-order valence-corrected chi connectivity index (χ0v) is 16.9. The Balaban J connectivity index is 2.06. The fraction of sp³-hybridized carbons (Fsp3) is 0.455. The van der Waals surface area contributed by atoms with Crippen LogP contribution in [0.1, 0.15) is 68.0 Å². The van der Waals surface area contributed by atoms with Crippen molar-refractivity contribution in [1.29, 1.82) is 0 Å². The Kier molecular flexibility index (Phi) is 5.49. The van der Waals surface area contributed by atoms with E-state index in [0.29, 0.717) is 23.6 Å². The number of likely N-dealkylation sites (tertiary alicyclic amines) is 1.